The summed E-state index contributed by atoms with van der Waals surface area (Å²) in [6, 6.07) is 5.90. The molecule has 0 radical (unpaired) electrons. The fraction of sp³-hybridized carbons (Fsp3) is 0.111. The Morgan fingerprint density at radius 1 is 1.62 bits per heavy atom. The first-order valence-corrected chi connectivity index (χ1v) is 4.94. The molecule has 1 N–H and O–H groups in total. The molecule has 0 atom stereocenters. The van der Waals surface area contributed by atoms with Gasteiger partial charge in [-0.1, -0.05) is 15.9 Å². The Labute approximate surface area is 99.2 Å². The Balaban J connectivity index is 3.00. The van der Waals surface area contributed by atoms with Crippen molar-refractivity contribution in [2.75, 3.05) is 5.32 Å². The second-order valence-corrected chi connectivity index (χ2v) is 3.72. The lowest BCUT2D eigenvalue weighted by molar-refractivity contribution is -0.384. The quantitative estimate of drug-likeness (QED) is 0.679. The fourth-order valence-electron chi connectivity index (χ4n) is 1.03. The van der Waals surface area contributed by atoms with Gasteiger partial charge in [-0.2, -0.15) is 5.26 Å². The summed E-state index contributed by atoms with van der Waals surface area (Å²) in [5.41, 5.74) is -0.144. The molecule has 0 unspecified atom stereocenters. The van der Waals surface area contributed by atoms with E-state index in [4.69, 9.17) is 5.26 Å². The minimum atomic E-state index is -0.604. The van der Waals surface area contributed by atoms with Gasteiger partial charge in [-0.05, 0) is 12.1 Å². The molecule has 0 fully saturated rings. The SMILES string of the molecule is N#CCC(=O)Nc1ccc(Br)cc1[N+](=O)[O-]. The van der Waals surface area contributed by atoms with E-state index in [1.807, 2.05) is 0 Å². The zero-order chi connectivity index (χ0) is 12.1. The highest BCUT2D eigenvalue weighted by Crippen LogP contribution is 2.27. The maximum atomic E-state index is 11.1. The predicted molar refractivity (Wildman–Crippen MR) is 59.7 cm³/mol. The Kier molecular flexibility index (Phi) is 3.96. The van der Waals surface area contributed by atoms with Crippen molar-refractivity contribution in [1.82, 2.24) is 0 Å². The van der Waals surface area contributed by atoms with Gasteiger partial charge in [-0.15, -0.1) is 0 Å². The summed E-state index contributed by atoms with van der Waals surface area (Å²) in [5.74, 6) is -0.576. The van der Waals surface area contributed by atoms with Gasteiger partial charge in [0.2, 0.25) is 5.91 Å². The van der Waals surface area contributed by atoms with Gasteiger partial charge >= 0.3 is 0 Å². The standard InChI is InChI=1S/C9H6BrN3O3/c10-6-1-2-7(8(5-6)13(15)16)12-9(14)3-4-11/h1-2,5H,3H2,(H,12,14). The van der Waals surface area contributed by atoms with Gasteiger partial charge in [-0.3, -0.25) is 14.9 Å². The Morgan fingerprint density at radius 2 is 2.31 bits per heavy atom. The third-order valence-corrected chi connectivity index (χ3v) is 2.16. The zero-order valence-corrected chi connectivity index (χ0v) is 9.52. The molecule has 0 aliphatic heterocycles. The van der Waals surface area contributed by atoms with E-state index in [2.05, 4.69) is 21.2 Å². The summed E-state index contributed by atoms with van der Waals surface area (Å²) in [4.78, 5) is 21.2. The number of carbonyl (C=O) groups excluding carboxylic acids is 1. The first-order valence-electron chi connectivity index (χ1n) is 4.15. The molecule has 1 rings (SSSR count). The van der Waals surface area contributed by atoms with E-state index in [9.17, 15) is 14.9 Å². The second-order valence-electron chi connectivity index (χ2n) is 2.80. The summed E-state index contributed by atoms with van der Waals surface area (Å²) < 4.78 is 0.539. The molecule has 0 saturated carbocycles. The minimum absolute atomic E-state index is 0.0773. The Bertz CT molecular complexity index is 481. The summed E-state index contributed by atoms with van der Waals surface area (Å²) in [5, 5.41) is 21.3. The Morgan fingerprint density at radius 3 is 2.88 bits per heavy atom. The van der Waals surface area contributed by atoms with E-state index in [-0.39, 0.29) is 17.8 Å². The van der Waals surface area contributed by atoms with Gasteiger partial charge in [0.15, 0.2) is 0 Å². The van der Waals surface area contributed by atoms with Gasteiger partial charge < -0.3 is 5.32 Å². The maximum absolute atomic E-state index is 11.1. The molecule has 0 saturated heterocycles. The van der Waals surface area contributed by atoms with Crippen molar-refractivity contribution in [3.8, 4) is 6.07 Å². The molecule has 7 heteroatoms. The molecule has 0 aliphatic rings. The number of nitrogens with one attached hydrogen (secondary N) is 1. The molecule has 6 nitrogen and oxygen atoms in total. The number of nitro benzene ring substituents is 1. The average Bonchev–Trinajstić information content (AvgIpc) is 2.20. The van der Waals surface area contributed by atoms with Crippen LogP contribution in [0.1, 0.15) is 6.42 Å². The van der Waals surface area contributed by atoms with Crippen molar-refractivity contribution >= 4 is 33.2 Å². The van der Waals surface area contributed by atoms with Crippen LogP contribution in [-0.2, 0) is 4.79 Å². The van der Waals surface area contributed by atoms with Crippen LogP contribution in [0.25, 0.3) is 0 Å². The van der Waals surface area contributed by atoms with Crippen molar-refractivity contribution < 1.29 is 9.72 Å². The lowest BCUT2D eigenvalue weighted by Gasteiger charge is -2.03. The number of nitro groups is 1. The Hall–Kier alpha value is -1.94. The minimum Gasteiger partial charge on any atom is -0.319 e. The van der Waals surface area contributed by atoms with Gasteiger partial charge in [-0.25, -0.2) is 0 Å². The lowest BCUT2D eigenvalue weighted by Crippen LogP contribution is -2.11. The molecule has 1 amide bonds. The smallest absolute Gasteiger partial charge is 0.293 e. The van der Waals surface area contributed by atoms with Gasteiger partial charge in [0.05, 0.1) is 11.0 Å². The van der Waals surface area contributed by atoms with E-state index in [1.54, 1.807) is 12.1 Å². The first-order chi connectivity index (χ1) is 7.54. The van der Waals surface area contributed by atoms with E-state index >= 15 is 0 Å². The number of rotatable bonds is 3. The molecule has 0 aromatic heterocycles. The van der Waals surface area contributed by atoms with Crippen LogP contribution in [-0.4, -0.2) is 10.8 Å². The van der Waals surface area contributed by atoms with Crippen LogP contribution in [0.4, 0.5) is 11.4 Å². The third-order valence-electron chi connectivity index (χ3n) is 1.67. The van der Waals surface area contributed by atoms with Crippen molar-refractivity contribution in [2.24, 2.45) is 0 Å². The van der Waals surface area contributed by atoms with Crippen LogP contribution in [0.2, 0.25) is 0 Å². The van der Waals surface area contributed by atoms with Gasteiger partial charge in [0.25, 0.3) is 5.69 Å². The van der Waals surface area contributed by atoms with Crippen molar-refractivity contribution in [1.29, 1.82) is 5.26 Å². The fourth-order valence-corrected chi connectivity index (χ4v) is 1.38. The number of nitrogens with zero attached hydrogens (tertiary/aromatic N) is 2. The van der Waals surface area contributed by atoms with Crippen LogP contribution >= 0.6 is 15.9 Å². The van der Waals surface area contributed by atoms with Crippen LogP contribution < -0.4 is 5.32 Å². The second kappa shape index (κ2) is 5.23. The predicted octanol–water partition coefficient (Wildman–Crippen LogP) is 2.21. The molecular weight excluding hydrogens is 278 g/mol. The maximum Gasteiger partial charge on any atom is 0.293 e. The van der Waals surface area contributed by atoms with E-state index < -0.39 is 10.8 Å². The highest BCUT2D eigenvalue weighted by Gasteiger charge is 2.15. The molecular formula is C9H6BrN3O3. The molecule has 82 valence electrons. The lowest BCUT2D eigenvalue weighted by atomic mass is 10.2. The van der Waals surface area contributed by atoms with Crippen LogP contribution in [0.15, 0.2) is 22.7 Å². The highest BCUT2D eigenvalue weighted by atomic mass is 79.9. The van der Waals surface area contributed by atoms with E-state index in [0.29, 0.717) is 4.47 Å². The number of nitriles is 1. The third kappa shape index (κ3) is 3.03. The number of hydrogen-bond acceptors (Lipinski definition) is 4. The number of halogens is 1. The highest BCUT2D eigenvalue weighted by molar-refractivity contribution is 9.10. The van der Waals surface area contributed by atoms with E-state index in [0.717, 1.165) is 0 Å². The van der Waals surface area contributed by atoms with Crippen LogP contribution in [0.3, 0.4) is 0 Å². The molecule has 1 aromatic rings. The molecule has 1 aromatic carbocycles. The van der Waals surface area contributed by atoms with Crippen LogP contribution in [0, 0.1) is 21.4 Å². The molecule has 0 aliphatic carbocycles. The summed E-state index contributed by atoms with van der Waals surface area (Å²) in [6.45, 7) is 0. The zero-order valence-electron chi connectivity index (χ0n) is 7.94. The summed E-state index contributed by atoms with van der Waals surface area (Å²) in [6.07, 6.45) is -0.340. The largest absolute Gasteiger partial charge is 0.319 e. The topological polar surface area (TPSA) is 96.0 Å². The van der Waals surface area contributed by atoms with Gasteiger partial charge in [0.1, 0.15) is 12.1 Å². The van der Waals surface area contributed by atoms with Crippen molar-refractivity contribution in [3.63, 3.8) is 0 Å². The molecule has 0 bridgehead atoms. The molecule has 16 heavy (non-hydrogen) atoms. The number of hydrogen-bond donors (Lipinski definition) is 1. The number of amides is 1. The number of anilines is 1. The van der Waals surface area contributed by atoms with E-state index in [1.165, 1.54) is 12.1 Å². The van der Waals surface area contributed by atoms with Gasteiger partial charge in [0, 0.05) is 10.5 Å². The van der Waals surface area contributed by atoms with Crippen molar-refractivity contribution in [2.45, 2.75) is 6.42 Å². The normalized spacial score (nSPS) is 9.25. The summed E-state index contributed by atoms with van der Waals surface area (Å²) in [7, 11) is 0. The first kappa shape index (κ1) is 12.1. The number of carbonyl (C=O) groups is 1. The summed E-state index contributed by atoms with van der Waals surface area (Å²) >= 11 is 3.09. The molecule has 0 spiro atoms. The molecule has 0 heterocycles. The van der Waals surface area contributed by atoms with Crippen LogP contribution in [0.5, 0.6) is 0 Å². The number of benzene rings is 1. The monoisotopic (exact) mass is 283 g/mol. The average molecular weight is 284 g/mol. The van der Waals surface area contributed by atoms with Crippen molar-refractivity contribution in [3.05, 3.63) is 32.8 Å².